The lowest BCUT2D eigenvalue weighted by Gasteiger charge is -2.01. The lowest BCUT2D eigenvalue weighted by molar-refractivity contribution is 0.0602. The van der Waals surface area contributed by atoms with Gasteiger partial charge in [-0.05, 0) is 13.0 Å². The number of esters is 1. The van der Waals surface area contributed by atoms with Crippen LogP contribution in [0.4, 0.5) is 0 Å². The highest BCUT2D eigenvalue weighted by atomic mass is 16.5. The average Bonchev–Trinajstić information content (AvgIpc) is 2.76. The van der Waals surface area contributed by atoms with Gasteiger partial charge in [-0.2, -0.15) is 0 Å². The molecule has 0 fully saturated rings. The predicted octanol–water partition coefficient (Wildman–Crippen LogP) is 2.37. The quantitative estimate of drug-likeness (QED) is 0.536. The van der Waals surface area contributed by atoms with E-state index in [-0.39, 0.29) is 5.52 Å². The molecule has 0 saturated heterocycles. The molecule has 0 bridgehead atoms. The lowest BCUT2D eigenvalue weighted by atomic mass is 10.1. The molecule has 1 N–H and O–H groups in total. The van der Waals surface area contributed by atoms with Gasteiger partial charge in [-0.3, -0.25) is 0 Å². The molecule has 0 aliphatic heterocycles. The van der Waals surface area contributed by atoms with Crippen LogP contribution in [0, 0.1) is 6.92 Å². The number of hydrogen-bond acceptors (Lipinski definition) is 4. The number of H-pyrrole nitrogens is 1. The molecule has 0 radical (unpaired) electrons. The molecule has 96 valence electrons. The number of benzene rings is 1. The second kappa shape index (κ2) is 3.98. The van der Waals surface area contributed by atoms with Crippen LogP contribution in [0.25, 0.3) is 21.9 Å². The number of para-hydroxylation sites is 1. The summed E-state index contributed by atoms with van der Waals surface area (Å²) in [7, 11) is 1.31. The molecule has 2 aromatic heterocycles. The fraction of sp³-hybridized carbons (Fsp3) is 0.143. The van der Waals surface area contributed by atoms with Crippen molar-refractivity contribution >= 4 is 27.8 Å². The molecule has 1 aromatic carbocycles. The fourth-order valence-corrected chi connectivity index (χ4v) is 2.32. The fourth-order valence-electron chi connectivity index (χ4n) is 2.32. The largest absolute Gasteiger partial charge is 0.465 e. The normalized spacial score (nSPS) is 11.1. The first-order chi connectivity index (χ1) is 9.13. The van der Waals surface area contributed by atoms with Crippen molar-refractivity contribution in [1.82, 2.24) is 4.98 Å². The molecular weight excluding hydrogens is 246 g/mol. The van der Waals surface area contributed by atoms with Gasteiger partial charge >= 0.3 is 11.6 Å². The Morgan fingerprint density at radius 2 is 2.05 bits per heavy atom. The first-order valence-corrected chi connectivity index (χ1v) is 5.76. The molecule has 2 heterocycles. The summed E-state index contributed by atoms with van der Waals surface area (Å²) in [6.07, 6.45) is 0. The number of nitrogens with one attached hydrogen (secondary N) is 1. The third-order valence-electron chi connectivity index (χ3n) is 3.14. The van der Waals surface area contributed by atoms with Crippen LogP contribution < -0.4 is 5.63 Å². The third kappa shape index (κ3) is 1.55. The van der Waals surface area contributed by atoms with Crippen LogP contribution in [-0.2, 0) is 4.74 Å². The molecule has 5 nitrogen and oxygen atoms in total. The van der Waals surface area contributed by atoms with E-state index < -0.39 is 11.6 Å². The maximum atomic E-state index is 11.9. The highest BCUT2D eigenvalue weighted by Crippen LogP contribution is 2.28. The van der Waals surface area contributed by atoms with Crippen molar-refractivity contribution in [1.29, 1.82) is 0 Å². The number of carbonyl (C=O) groups excluding carboxylic acids is 1. The van der Waals surface area contributed by atoms with E-state index in [2.05, 4.69) is 4.98 Å². The van der Waals surface area contributed by atoms with Crippen molar-refractivity contribution in [2.45, 2.75) is 6.92 Å². The van der Waals surface area contributed by atoms with Crippen molar-refractivity contribution in [2.24, 2.45) is 0 Å². The molecule has 0 amide bonds. The van der Waals surface area contributed by atoms with Crippen molar-refractivity contribution < 1.29 is 13.9 Å². The lowest BCUT2D eigenvalue weighted by Crippen LogP contribution is -2.03. The van der Waals surface area contributed by atoms with E-state index in [1.165, 1.54) is 7.11 Å². The highest BCUT2D eigenvalue weighted by Gasteiger charge is 2.21. The SMILES string of the molecule is COC(=O)c1c(C)[nH]c2c(=O)oc3ccccc3c12. The summed E-state index contributed by atoms with van der Waals surface area (Å²) < 4.78 is 10.00. The van der Waals surface area contributed by atoms with Crippen LogP contribution in [0.1, 0.15) is 16.1 Å². The third-order valence-corrected chi connectivity index (χ3v) is 3.14. The Morgan fingerprint density at radius 3 is 2.79 bits per heavy atom. The Balaban J connectivity index is 2.60. The monoisotopic (exact) mass is 257 g/mol. The minimum absolute atomic E-state index is 0.289. The van der Waals surface area contributed by atoms with E-state index >= 15 is 0 Å². The highest BCUT2D eigenvalue weighted by molar-refractivity contribution is 6.15. The van der Waals surface area contributed by atoms with Crippen LogP contribution in [0.2, 0.25) is 0 Å². The summed E-state index contributed by atoms with van der Waals surface area (Å²) in [5.41, 5.74) is 1.21. The molecule has 0 spiro atoms. The molecule has 0 aliphatic carbocycles. The number of hydrogen-bond donors (Lipinski definition) is 1. The molecule has 3 rings (SSSR count). The zero-order valence-electron chi connectivity index (χ0n) is 10.4. The van der Waals surface area contributed by atoms with Gasteiger partial charge in [0.1, 0.15) is 11.1 Å². The van der Waals surface area contributed by atoms with E-state index in [0.29, 0.717) is 27.6 Å². The first kappa shape index (κ1) is 11.5. The van der Waals surface area contributed by atoms with Gasteiger partial charge in [-0.25, -0.2) is 9.59 Å². The van der Waals surface area contributed by atoms with E-state index in [4.69, 9.17) is 9.15 Å². The van der Waals surface area contributed by atoms with Gasteiger partial charge in [0.25, 0.3) is 0 Å². The van der Waals surface area contributed by atoms with Crippen LogP contribution in [0.15, 0.2) is 33.5 Å². The topological polar surface area (TPSA) is 72.3 Å². The van der Waals surface area contributed by atoms with E-state index in [1.807, 2.05) is 6.07 Å². The van der Waals surface area contributed by atoms with Gasteiger partial charge < -0.3 is 14.1 Å². The van der Waals surface area contributed by atoms with Gasteiger partial charge in [0.15, 0.2) is 0 Å². The standard InChI is InChI=1S/C14H11NO4/c1-7-10(13(16)18-2)11-8-5-3-4-6-9(8)19-14(17)12(11)15-7/h3-6,15H,1-2H3. The summed E-state index contributed by atoms with van der Waals surface area (Å²) in [6, 6.07) is 7.10. The van der Waals surface area contributed by atoms with Crippen LogP contribution in [-0.4, -0.2) is 18.1 Å². The van der Waals surface area contributed by atoms with Crippen molar-refractivity contribution in [3.8, 4) is 0 Å². The summed E-state index contributed by atoms with van der Waals surface area (Å²) in [6.45, 7) is 1.72. The Kier molecular flexibility index (Phi) is 2.41. The average molecular weight is 257 g/mol. The maximum absolute atomic E-state index is 11.9. The van der Waals surface area contributed by atoms with Gasteiger partial charge in [-0.15, -0.1) is 0 Å². The number of aromatic nitrogens is 1. The summed E-state index contributed by atoms with van der Waals surface area (Å²) in [5.74, 6) is -0.473. The summed E-state index contributed by atoms with van der Waals surface area (Å²) in [4.78, 5) is 26.7. The second-order valence-corrected chi connectivity index (χ2v) is 4.25. The van der Waals surface area contributed by atoms with Gasteiger partial charge in [0.05, 0.1) is 12.7 Å². The minimum atomic E-state index is -0.494. The molecule has 3 aromatic rings. The number of aromatic amines is 1. The number of methoxy groups -OCH3 is 1. The van der Waals surface area contributed by atoms with Gasteiger partial charge in [0, 0.05) is 16.5 Å². The predicted molar refractivity (Wildman–Crippen MR) is 70.4 cm³/mol. The summed E-state index contributed by atoms with van der Waals surface area (Å²) in [5, 5.41) is 1.26. The Bertz CT molecular complexity index is 857. The van der Waals surface area contributed by atoms with Gasteiger partial charge in [-0.1, -0.05) is 18.2 Å². The molecule has 19 heavy (non-hydrogen) atoms. The minimum Gasteiger partial charge on any atom is -0.465 e. The zero-order chi connectivity index (χ0) is 13.6. The molecule has 5 heteroatoms. The van der Waals surface area contributed by atoms with Crippen LogP contribution in [0.3, 0.4) is 0 Å². The van der Waals surface area contributed by atoms with Crippen molar-refractivity contribution in [2.75, 3.05) is 7.11 Å². The molecule has 0 aliphatic rings. The number of aryl methyl sites for hydroxylation is 1. The number of ether oxygens (including phenoxy) is 1. The number of carbonyl (C=O) groups is 1. The summed E-state index contributed by atoms with van der Waals surface area (Å²) >= 11 is 0. The molecule has 0 unspecified atom stereocenters. The van der Waals surface area contributed by atoms with Crippen molar-refractivity contribution in [3.63, 3.8) is 0 Å². The van der Waals surface area contributed by atoms with E-state index in [0.717, 1.165) is 0 Å². The van der Waals surface area contributed by atoms with E-state index in [9.17, 15) is 9.59 Å². The smallest absolute Gasteiger partial charge is 0.360 e. The van der Waals surface area contributed by atoms with Crippen LogP contribution in [0.5, 0.6) is 0 Å². The molecular formula is C14H11NO4. The Hall–Kier alpha value is -2.56. The number of rotatable bonds is 1. The Labute approximate surface area is 107 Å². The van der Waals surface area contributed by atoms with Gasteiger partial charge in [0.2, 0.25) is 0 Å². The first-order valence-electron chi connectivity index (χ1n) is 5.76. The van der Waals surface area contributed by atoms with E-state index in [1.54, 1.807) is 25.1 Å². The maximum Gasteiger partial charge on any atom is 0.360 e. The number of fused-ring (bicyclic) bond motifs is 3. The molecule has 0 atom stereocenters. The zero-order valence-corrected chi connectivity index (χ0v) is 10.4. The van der Waals surface area contributed by atoms with Crippen LogP contribution >= 0.6 is 0 Å². The van der Waals surface area contributed by atoms with Crippen molar-refractivity contribution in [3.05, 3.63) is 45.9 Å². The Morgan fingerprint density at radius 1 is 1.32 bits per heavy atom. The second-order valence-electron chi connectivity index (χ2n) is 4.25. The molecule has 0 saturated carbocycles.